The van der Waals surface area contributed by atoms with E-state index >= 15 is 0 Å². The SMILES string of the molecule is CC1(O)CCN(C(=O)c2cc(C(=O)N3CCCCC3)c3cc(O)ccc3n2)C1.Cc1c(COc2ccc3nc(C(=O)N4CCC(C)(O)C4)cc(C(=O)N4CCCCC4)c3c2)ccc2c1COC2=O. The third-order valence-electron chi connectivity index (χ3n) is 13.9. The molecule has 0 spiro atoms. The van der Waals surface area contributed by atoms with Gasteiger partial charge in [-0.2, -0.15) is 0 Å². The molecule has 2 atom stereocenters. The Balaban J connectivity index is 0.000000181. The first-order valence-electron chi connectivity index (χ1n) is 23.7. The van der Waals surface area contributed by atoms with E-state index in [9.17, 15) is 39.3 Å². The number of carbonyl (C=O) groups excluding carboxylic acids is 5. The number of nitrogens with zero attached hydrogens (tertiary/aromatic N) is 6. The Kier molecular flexibility index (Phi) is 12.8. The highest BCUT2D eigenvalue weighted by atomic mass is 16.5. The summed E-state index contributed by atoms with van der Waals surface area (Å²) in [4.78, 5) is 81.0. The number of β-amino-alcohol motifs (C(OH)–C–C–N with tert-alkyl or cyclic N) is 2. The predicted octanol–water partition coefficient (Wildman–Crippen LogP) is 6.18. The van der Waals surface area contributed by atoms with Gasteiger partial charge in [0, 0.05) is 68.7 Å². The summed E-state index contributed by atoms with van der Waals surface area (Å²) in [6.45, 7) is 10.1. The average molecular weight is 927 g/mol. The molecule has 356 valence electrons. The number of hydrogen-bond donors (Lipinski definition) is 3. The van der Waals surface area contributed by atoms with E-state index < -0.39 is 11.2 Å². The first kappa shape index (κ1) is 46.5. The van der Waals surface area contributed by atoms with E-state index in [0.717, 1.165) is 55.2 Å². The quantitative estimate of drug-likeness (QED) is 0.157. The van der Waals surface area contributed by atoms with Gasteiger partial charge in [0.15, 0.2) is 0 Å². The summed E-state index contributed by atoms with van der Waals surface area (Å²) >= 11 is 0. The minimum atomic E-state index is -0.926. The number of carbonyl (C=O) groups is 5. The molecule has 16 nitrogen and oxygen atoms in total. The van der Waals surface area contributed by atoms with Gasteiger partial charge >= 0.3 is 5.97 Å². The number of pyridine rings is 2. The lowest BCUT2D eigenvalue weighted by molar-refractivity contribution is 0.0533. The molecule has 10 rings (SSSR count). The number of aromatic nitrogens is 2. The van der Waals surface area contributed by atoms with Crippen molar-refractivity contribution >= 4 is 51.4 Å². The van der Waals surface area contributed by atoms with Crippen LogP contribution in [0.3, 0.4) is 0 Å². The van der Waals surface area contributed by atoms with Gasteiger partial charge in [0.1, 0.15) is 36.1 Å². The molecule has 16 heteroatoms. The molecular weight excluding hydrogens is 869 g/mol. The van der Waals surface area contributed by atoms with E-state index in [0.29, 0.717) is 96.4 Å². The zero-order valence-corrected chi connectivity index (χ0v) is 38.9. The monoisotopic (exact) mass is 926 g/mol. The van der Waals surface area contributed by atoms with Gasteiger partial charge in [0.25, 0.3) is 23.6 Å². The normalized spacial score (nSPS) is 21.4. The van der Waals surface area contributed by atoms with Crippen molar-refractivity contribution in [2.24, 2.45) is 0 Å². The van der Waals surface area contributed by atoms with Crippen LogP contribution in [-0.4, -0.2) is 138 Å². The number of rotatable bonds is 7. The van der Waals surface area contributed by atoms with Crippen LogP contribution in [-0.2, 0) is 18.0 Å². The zero-order valence-electron chi connectivity index (χ0n) is 38.9. The van der Waals surface area contributed by atoms with E-state index in [1.54, 1.807) is 58.9 Å². The minimum Gasteiger partial charge on any atom is -0.508 e. The number of phenolic OH excluding ortho intramolecular Hbond substituents is 1. The van der Waals surface area contributed by atoms with E-state index in [2.05, 4.69) is 9.97 Å². The van der Waals surface area contributed by atoms with Gasteiger partial charge in [-0.1, -0.05) is 6.07 Å². The zero-order chi connectivity index (χ0) is 47.9. The van der Waals surface area contributed by atoms with Crippen molar-refractivity contribution in [1.29, 1.82) is 0 Å². The summed E-state index contributed by atoms with van der Waals surface area (Å²) in [5, 5.41) is 31.6. The molecule has 4 fully saturated rings. The van der Waals surface area contributed by atoms with Gasteiger partial charge in [-0.3, -0.25) is 19.2 Å². The Labute approximate surface area is 394 Å². The number of cyclic esters (lactones) is 1. The number of hydrogen-bond acceptors (Lipinski definition) is 12. The number of benzene rings is 3. The molecule has 0 saturated carbocycles. The van der Waals surface area contributed by atoms with E-state index in [4.69, 9.17) is 9.47 Å². The summed E-state index contributed by atoms with van der Waals surface area (Å²) in [7, 11) is 0. The summed E-state index contributed by atoms with van der Waals surface area (Å²) in [6.07, 6.45) is 7.06. The maximum Gasteiger partial charge on any atom is 0.338 e. The molecule has 5 aliphatic rings. The molecule has 7 heterocycles. The molecule has 2 aromatic heterocycles. The summed E-state index contributed by atoms with van der Waals surface area (Å²) in [5.74, 6) is -0.513. The Morgan fingerprint density at radius 3 is 1.68 bits per heavy atom. The average Bonchev–Trinajstić information content (AvgIpc) is 4.04. The molecular formula is C52H58N6O10. The first-order valence-corrected chi connectivity index (χ1v) is 23.7. The van der Waals surface area contributed by atoms with Gasteiger partial charge in [-0.05, 0) is 138 Å². The second-order valence-electron chi connectivity index (χ2n) is 19.4. The van der Waals surface area contributed by atoms with Crippen molar-refractivity contribution in [1.82, 2.24) is 29.6 Å². The van der Waals surface area contributed by atoms with E-state index in [1.807, 2.05) is 24.0 Å². The molecule has 0 radical (unpaired) electrons. The second-order valence-corrected chi connectivity index (χ2v) is 19.4. The highest BCUT2D eigenvalue weighted by molar-refractivity contribution is 6.10. The number of aromatic hydroxyl groups is 1. The third kappa shape index (κ3) is 9.70. The van der Waals surface area contributed by atoms with E-state index in [-0.39, 0.29) is 73.0 Å². The topological polar surface area (TPSA) is 203 Å². The number of aliphatic hydroxyl groups is 2. The van der Waals surface area contributed by atoms with Gasteiger partial charge < -0.3 is 44.4 Å². The van der Waals surface area contributed by atoms with E-state index in [1.165, 1.54) is 18.2 Å². The lowest BCUT2D eigenvalue weighted by Gasteiger charge is -2.27. The van der Waals surface area contributed by atoms with Crippen LogP contribution in [0.15, 0.2) is 60.7 Å². The van der Waals surface area contributed by atoms with Gasteiger partial charge in [0.2, 0.25) is 0 Å². The maximum absolute atomic E-state index is 13.7. The Morgan fingerprint density at radius 2 is 1.16 bits per heavy atom. The smallest absolute Gasteiger partial charge is 0.338 e. The molecule has 0 aliphatic carbocycles. The number of amides is 4. The summed E-state index contributed by atoms with van der Waals surface area (Å²) in [6, 6.07) is 16.8. The highest BCUT2D eigenvalue weighted by Gasteiger charge is 2.37. The van der Waals surface area contributed by atoms with Crippen molar-refractivity contribution in [2.75, 3.05) is 52.4 Å². The summed E-state index contributed by atoms with van der Waals surface area (Å²) in [5.41, 5.74) is 3.81. The third-order valence-corrected chi connectivity index (χ3v) is 13.9. The van der Waals surface area contributed by atoms with Crippen molar-refractivity contribution in [2.45, 2.75) is 96.6 Å². The number of phenols is 1. The molecule has 0 bridgehead atoms. The molecule has 5 aliphatic heterocycles. The van der Waals surface area contributed by atoms with Gasteiger partial charge in [-0.25, -0.2) is 14.8 Å². The van der Waals surface area contributed by atoms with Crippen LogP contribution in [0.2, 0.25) is 0 Å². The van der Waals surface area contributed by atoms with Crippen LogP contribution in [0, 0.1) is 6.92 Å². The molecule has 5 aromatic rings. The van der Waals surface area contributed by atoms with Gasteiger partial charge in [-0.15, -0.1) is 0 Å². The maximum atomic E-state index is 13.7. The largest absolute Gasteiger partial charge is 0.508 e. The second kappa shape index (κ2) is 18.8. The fourth-order valence-electron chi connectivity index (χ4n) is 9.89. The first-order chi connectivity index (χ1) is 32.5. The Bertz CT molecular complexity index is 2830. The predicted molar refractivity (Wildman–Crippen MR) is 252 cm³/mol. The van der Waals surface area contributed by atoms with Crippen LogP contribution in [0.25, 0.3) is 21.8 Å². The molecule has 2 unspecified atom stereocenters. The van der Waals surface area contributed by atoms with Crippen LogP contribution in [0.1, 0.15) is 134 Å². The minimum absolute atomic E-state index is 0.0525. The fraction of sp³-hybridized carbons (Fsp3) is 0.442. The van der Waals surface area contributed by atoms with Crippen molar-refractivity contribution < 1.29 is 48.8 Å². The van der Waals surface area contributed by atoms with Crippen molar-refractivity contribution in [3.05, 3.63) is 105 Å². The Hall–Kier alpha value is -6.65. The van der Waals surface area contributed by atoms with Crippen molar-refractivity contribution in [3.8, 4) is 11.5 Å². The molecule has 68 heavy (non-hydrogen) atoms. The molecule has 3 N–H and O–H groups in total. The highest BCUT2D eigenvalue weighted by Crippen LogP contribution is 2.32. The molecule has 4 amide bonds. The fourth-order valence-corrected chi connectivity index (χ4v) is 9.89. The summed E-state index contributed by atoms with van der Waals surface area (Å²) < 4.78 is 11.3. The van der Waals surface area contributed by atoms with Gasteiger partial charge in [0.05, 0.1) is 38.9 Å². The Morgan fingerprint density at radius 1 is 0.647 bits per heavy atom. The number of likely N-dealkylation sites (tertiary alicyclic amines) is 4. The van der Waals surface area contributed by atoms with Crippen LogP contribution in [0.4, 0.5) is 0 Å². The lowest BCUT2D eigenvalue weighted by atomic mass is 9.99. The number of fused-ring (bicyclic) bond motifs is 3. The molecule has 3 aromatic carbocycles. The van der Waals surface area contributed by atoms with Crippen molar-refractivity contribution in [3.63, 3.8) is 0 Å². The standard InChI is InChI=1S/C31H33N3O6.C21H25N3O4/c1-19-20(6-8-22-25(19)17-40-30(22)37)16-39-21-7-9-26-23(14-21)24(28(35)33-11-4-3-5-12-33)15-27(32-26)29(36)34-13-10-31(2,38)18-34;1-21(28)7-10-24(13-21)20(27)18-12-16(19(26)23-8-3-2-4-9-23)15-11-14(25)5-6-17(15)22-18/h6-9,14-15,38H,3-5,10-13,16-18H2,1-2H3;5-6,11-12,25,28H,2-4,7-10,13H2,1H3. The van der Waals surface area contributed by atoms with Crippen LogP contribution < -0.4 is 4.74 Å². The van der Waals surface area contributed by atoms with Crippen LogP contribution >= 0.6 is 0 Å². The van der Waals surface area contributed by atoms with Crippen LogP contribution in [0.5, 0.6) is 11.5 Å². The number of ether oxygens (including phenoxy) is 2. The number of esters is 1. The molecule has 4 saturated heterocycles. The lowest BCUT2D eigenvalue weighted by Crippen LogP contribution is -2.36. The number of piperidine rings is 2.